The molecule has 1 aromatic heterocycles. The van der Waals surface area contributed by atoms with Crippen molar-refractivity contribution in [3.8, 4) is 23.3 Å². The molecule has 88 heavy (non-hydrogen) atoms. The van der Waals surface area contributed by atoms with E-state index in [2.05, 4.69) is 39.9 Å². The van der Waals surface area contributed by atoms with E-state index in [1.807, 2.05) is 46.4 Å². The fourth-order valence-corrected chi connectivity index (χ4v) is 15.4. The summed E-state index contributed by atoms with van der Waals surface area (Å²) in [6, 6.07) is 13.8. The number of rotatable bonds is 21. The smallest absolute Gasteiger partial charge is 0.490 e. The Morgan fingerprint density at radius 1 is 0.909 bits per heavy atom. The lowest BCUT2D eigenvalue weighted by molar-refractivity contribution is -0.121. The highest BCUT2D eigenvalue weighted by Crippen LogP contribution is 2.66. The fourth-order valence-electron chi connectivity index (χ4n) is 11.1. The number of phosphoric acid groups is 3. The largest absolute Gasteiger partial charge is 0.748 e. The number of nitrogens with one attached hydrogen (secondary N) is 1. The van der Waals surface area contributed by atoms with E-state index in [9.17, 15) is 74.0 Å². The van der Waals surface area contributed by atoms with Gasteiger partial charge in [0.15, 0.2) is 11.8 Å². The zero-order valence-electron chi connectivity index (χ0n) is 48.2. The highest BCUT2D eigenvalue weighted by Gasteiger charge is 2.47. The maximum absolute atomic E-state index is 14.8. The average Bonchev–Trinajstić information content (AvgIpc) is 0.840. The van der Waals surface area contributed by atoms with Crippen LogP contribution in [0.4, 0.5) is 11.5 Å². The van der Waals surface area contributed by atoms with Gasteiger partial charge in [0.05, 0.1) is 51.8 Å². The third-order valence-corrected chi connectivity index (χ3v) is 19.8. The highest BCUT2D eigenvalue weighted by molar-refractivity contribution is 7.86. The number of aromatic nitrogens is 2. The molecule has 8 rings (SSSR count). The molecule has 30 nitrogen and oxygen atoms in total. The van der Waals surface area contributed by atoms with Crippen molar-refractivity contribution in [3.05, 3.63) is 121 Å². The first-order valence-corrected chi connectivity index (χ1v) is 34.5. The summed E-state index contributed by atoms with van der Waals surface area (Å²) < 4.78 is 134. The molecule has 0 spiro atoms. The topological polar surface area (TPSA) is 447 Å². The minimum atomic E-state index is -5.89. The van der Waals surface area contributed by atoms with Crippen LogP contribution in [-0.4, -0.2) is 163 Å². The number of carbonyl (C=O) groups excluding carboxylic acids is 2. The van der Waals surface area contributed by atoms with E-state index in [0.717, 1.165) is 6.20 Å². The number of amides is 2. The first kappa shape index (κ1) is 67.6. The molecule has 6 atom stereocenters. The normalized spacial score (nSPS) is 20.7. The number of ether oxygens (including phenoxy) is 2. The Hall–Kier alpha value is -6.30. The van der Waals surface area contributed by atoms with Crippen molar-refractivity contribution in [2.75, 3.05) is 62.0 Å². The second-order valence-electron chi connectivity index (χ2n) is 21.9. The molecule has 10 N–H and O–H groups in total. The summed E-state index contributed by atoms with van der Waals surface area (Å²) in [5, 5.41) is 25.0. The lowest BCUT2D eigenvalue weighted by Gasteiger charge is -2.44. The summed E-state index contributed by atoms with van der Waals surface area (Å²) in [4.78, 5) is 84.6. The van der Waals surface area contributed by atoms with Crippen LogP contribution in [0.15, 0.2) is 71.7 Å². The van der Waals surface area contributed by atoms with Gasteiger partial charge in [0.1, 0.15) is 47.9 Å². The molecule has 5 heterocycles. The quantitative estimate of drug-likeness (QED) is 0.0216. The summed E-state index contributed by atoms with van der Waals surface area (Å²) in [5.74, 6) is 3.04. The van der Waals surface area contributed by atoms with Gasteiger partial charge in [0, 0.05) is 85.8 Å². The van der Waals surface area contributed by atoms with E-state index in [-0.39, 0.29) is 42.6 Å². The third-order valence-electron chi connectivity index (χ3n) is 14.7. The molecule has 0 saturated carbocycles. The van der Waals surface area contributed by atoms with Gasteiger partial charge in [-0.3, -0.25) is 23.2 Å². The molecule has 2 amide bonds. The number of anilines is 2. The average molecular weight is 1320 g/mol. The second kappa shape index (κ2) is 25.2. The summed E-state index contributed by atoms with van der Waals surface area (Å²) in [5.41, 5.74) is 6.70. The molecule has 1 fully saturated rings. The van der Waals surface area contributed by atoms with Crippen LogP contribution in [0, 0.1) is 11.8 Å². The summed E-state index contributed by atoms with van der Waals surface area (Å²) in [7, 11) is -25.1. The maximum atomic E-state index is 14.8. The summed E-state index contributed by atoms with van der Waals surface area (Å²) >= 11 is 0. The third kappa shape index (κ3) is 15.3. The first-order chi connectivity index (χ1) is 40.7. The first-order valence-electron chi connectivity index (χ1n) is 26.8. The van der Waals surface area contributed by atoms with E-state index < -0.39 is 121 Å². The van der Waals surface area contributed by atoms with Crippen LogP contribution in [0.2, 0.25) is 0 Å². The molecule has 3 aromatic carbocycles. The number of nitrogens with zero attached hydrogens (tertiary/aromatic N) is 5. The van der Waals surface area contributed by atoms with E-state index in [1.54, 1.807) is 67.7 Å². The number of fused-ring (bicyclic) bond motifs is 4. The Balaban J connectivity index is 1.02. The van der Waals surface area contributed by atoms with E-state index >= 15 is 0 Å². The molecule has 35 heteroatoms. The van der Waals surface area contributed by atoms with Crippen molar-refractivity contribution in [2.24, 2.45) is 0 Å². The van der Waals surface area contributed by atoms with Crippen molar-refractivity contribution in [2.45, 2.75) is 90.0 Å². The molecule has 4 aromatic rings. The number of phosphoric ester groups is 1. The van der Waals surface area contributed by atoms with Crippen molar-refractivity contribution >= 4 is 83.7 Å². The van der Waals surface area contributed by atoms with Gasteiger partial charge in [-0.15, -0.1) is 0 Å². The predicted molar refractivity (Wildman–Crippen MR) is 315 cm³/mol. The lowest BCUT2D eigenvalue weighted by Crippen LogP contribution is -2.50. The van der Waals surface area contributed by atoms with Crippen LogP contribution in [0.5, 0.6) is 11.5 Å². The molecule has 0 radical (unpaired) electrons. The van der Waals surface area contributed by atoms with Crippen LogP contribution in [0.25, 0.3) is 16.7 Å². The number of aliphatic hydroxyl groups is 2. The molecule has 1 saturated heterocycles. The van der Waals surface area contributed by atoms with E-state index in [4.69, 9.17) is 25.0 Å². The molecular formula is C53H64N7O23P3S2. The van der Waals surface area contributed by atoms with Gasteiger partial charge in [0.25, 0.3) is 16.0 Å². The summed E-state index contributed by atoms with van der Waals surface area (Å²) in [6.45, 7) is 11.0. The van der Waals surface area contributed by atoms with Crippen LogP contribution < -0.4 is 41.5 Å². The molecule has 0 aliphatic carbocycles. The number of aliphatic hydroxyl groups excluding tert-OH is 2. The fraction of sp³-hybridized carbons (Fsp3) is 0.415. The summed E-state index contributed by atoms with van der Waals surface area (Å²) in [6.07, 6.45) is -2.87. The standard InChI is InChI=1S/C53H64N7O23P3S2/c1-8-59-39-22-41-37(20-35(39)31(24-52(59,3)4)28-87(73,74)75)45(38-21-36-32(29-88(76,77)78)25-53(5,6)60(9-2)40(36)23-42(38)80-41)33-15-10-11-16-34(33)49(64)57(7)19-13-17-44(61)55-18-12-14-30-26-58(51(65)56-48(30)54)50-47(63)46(62)43(81-50)27-79-85(69,70)83-86(71,72)82-84(66,67)68/h10-11,15-16,20-26,43,46-47,50,62-63H,8-9,13,17-19,27-29H2,1-7H3,(H8-,54,55,56,61,65,66,67,68,69,70,71,72,73,74,75,76,77,78)/t43-,46-,47-,50-/m1/s1. The molecular weight excluding hydrogens is 1260 g/mol. The predicted octanol–water partition coefficient (Wildman–Crippen LogP) is 1.28. The number of nitrogens with two attached hydrogens (primary N) is 1. The van der Waals surface area contributed by atoms with Gasteiger partial charge in [-0.2, -0.15) is 22.0 Å². The number of hydrogen-bond acceptors (Lipinski definition) is 21. The maximum Gasteiger partial charge on any atom is 0.490 e. The van der Waals surface area contributed by atoms with Crippen molar-refractivity contribution in [3.63, 3.8) is 0 Å². The van der Waals surface area contributed by atoms with Crippen molar-refractivity contribution < 1.29 is 102 Å². The van der Waals surface area contributed by atoms with Gasteiger partial charge in [-0.1, -0.05) is 36.1 Å². The minimum absolute atomic E-state index is 0.0540. The van der Waals surface area contributed by atoms with Crippen LogP contribution in [0.3, 0.4) is 0 Å². The monoisotopic (exact) mass is 1320 g/mol. The van der Waals surface area contributed by atoms with E-state index in [0.29, 0.717) is 78.8 Å². The molecule has 476 valence electrons. The van der Waals surface area contributed by atoms with E-state index in [1.165, 1.54) is 4.90 Å². The molecule has 4 aliphatic heterocycles. The van der Waals surface area contributed by atoms with Gasteiger partial charge in [-0.05, 0) is 75.1 Å². The minimum Gasteiger partial charge on any atom is -0.748 e. The number of carbonyl (C=O) groups is 2. The zero-order valence-corrected chi connectivity index (χ0v) is 52.5. The zero-order chi connectivity index (χ0) is 65.0. The van der Waals surface area contributed by atoms with Gasteiger partial charge >= 0.3 is 29.2 Å². The number of likely N-dealkylation sites (N-methyl/N-ethyl adjacent to an activating group) is 2. The molecule has 2 unspecified atom stereocenters. The van der Waals surface area contributed by atoms with Crippen LogP contribution in [0.1, 0.15) is 98.8 Å². The van der Waals surface area contributed by atoms with Gasteiger partial charge < -0.3 is 64.7 Å². The lowest BCUT2D eigenvalue weighted by atomic mass is 9.83. The Labute approximate surface area is 504 Å². The van der Waals surface area contributed by atoms with Crippen LogP contribution >= 0.6 is 23.5 Å². The van der Waals surface area contributed by atoms with Crippen molar-refractivity contribution in [1.82, 2.24) is 24.3 Å². The second-order valence-corrected chi connectivity index (χ2v) is 29.2. The van der Waals surface area contributed by atoms with Gasteiger partial charge in [-0.25, -0.2) is 31.5 Å². The molecule has 0 bridgehead atoms. The van der Waals surface area contributed by atoms with Crippen molar-refractivity contribution in [1.29, 1.82) is 0 Å². The number of hydrogen-bond donors (Lipinski definition) is 9. The number of nitrogen functional groups attached to an aromatic ring is 1. The Bertz CT molecular complexity index is 4250. The number of benzene rings is 3. The Morgan fingerprint density at radius 2 is 1.59 bits per heavy atom. The SMILES string of the molecule is CCN1c2cc3c(cc2C(CS(=O)(=O)[O-])=CC1(C)C)C(c1ccccc1C(=O)N(C)CCCC(=O)NCC#Cc1cn([C@@H]2O[C@H](COP(=O)(O)OP(=O)(O)OP(=O)(O)O)[C@@H](O)[C@H]2O)c(=O)nc1N)=c1cc2c(cc1O3)=[N+](CC)C(C)(C)C=C2CS(=O)(=O)O. The van der Waals surface area contributed by atoms with Crippen LogP contribution in [-0.2, 0) is 56.6 Å². The Morgan fingerprint density at radius 3 is 2.24 bits per heavy atom. The van der Waals surface area contributed by atoms with Gasteiger partial charge in [0.2, 0.25) is 11.3 Å². The molecule has 4 aliphatic rings. The Kier molecular flexibility index (Phi) is 19.3. The highest BCUT2D eigenvalue weighted by atomic mass is 32.2.